The van der Waals surface area contributed by atoms with Gasteiger partial charge in [0.25, 0.3) is 0 Å². The number of rotatable bonds is 10. The minimum Gasteiger partial charge on any atom is -0.309 e. The number of amidine groups is 2. The lowest BCUT2D eigenvalue weighted by molar-refractivity contribution is 0.727. The van der Waals surface area contributed by atoms with Crippen LogP contribution in [0.4, 0.5) is 0 Å². The number of para-hydroxylation sites is 1. The van der Waals surface area contributed by atoms with Crippen molar-refractivity contribution in [3.05, 3.63) is 342 Å². The number of aliphatic imine (C=N–C) groups is 3. The Bertz CT molecular complexity index is 4370. The maximum Gasteiger partial charge on any atom is 0.161 e. The van der Waals surface area contributed by atoms with Gasteiger partial charge in [-0.05, 0) is 150 Å². The Balaban J connectivity index is 1.05. The maximum absolute atomic E-state index is 5.64. The van der Waals surface area contributed by atoms with Crippen molar-refractivity contribution in [2.24, 2.45) is 15.0 Å². The molecule has 13 aromatic rings. The second-order valence-electron chi connectivity index (χ2n) is 20.7. The molecule has 0 aliphatic carbocycles. The first-order valence-corrected chi connectivity index (χ1v) is 27.6. The fraction of sp³-hybridized carbons (Fsp3) is 0.0260. The van der Waals surface area contributed by atoms with Crippen LogP contribution in [-0.4, -0.2) is 29.5 Å². The number of hydrogen-bond acceptors (Lipinski definition) is 1. The monoisotopic (exact) mass is 1030 g/mol. The summed E-state index contributed by atoms with van der Waals surface area (Å²) in [6.45, 7) is 0. The van der Waals surface area contributed by atoms with Gasteiger partial charge in [0.1, 0.15) is 0 Å². The van der Waals surface area contributed by atoms with E-state index in [4.69, 9.17) is 15.0 Å². The fourth-order valence-corrected chi connectivity index (χ4v) is 12.2. The molecule has 4 nitrogen and oxygen atoms in total. The summed E-state index contributed by atoms with van der Waals surface area (Å²) < 4.78 is 2.50. The van der Waals surface area contributed by atoms with Gasteiger partial charge in [-0.15, -0.1) is 0 Å². The predicted molar refractivity (Wildman–Crippen MR) is 339 cm³/mol. The average Bonchev–Trinajstić information content (AvgIpc) is 3.63. The zero-order valence-corrected chi connectivity index (χ0v) is 44.7. The fourth-order valence-electron chi connectivity index (χ4n) is 12.2. The molecule has 0 radical (unpaired) electrons. The standard InChI is InChI=1S/C77H54N4/c1-78-75(64-47-60(55-27-11-3-12-28-55)45-61(48-64)56-29-13-4-14-30-56)80-76(65-49-62(57-31-15-5-16-32-57)46-63(50-65)58-33-17-6-18-34-58)79-52-53-43-69-68-51-59(54-25-9-2-10-26-54)41-42-72(68)81-73-40-24-23-39-70(73)77(71(44-53)74(69)81,66-35-19-7-20-36-66)67-37-21-8-22-38-67/h2-52H,1H3. The summed E-state index contributed by atoms with van der Waals surface area (Å²) >= 11 is 0. The van der Waals surface area contributed by atoms with Gasteiger partial charge in [0.2, 0.25) is 0 Å². The molecule has 382 valence electrons. The van der Waals surface area contributed by atoms with Gasteiger partial charge in [-0.1, -0.05) is 237 Å². The minimum absolute atomic E-state index is 0.530. The van der Waals surface area contributed by atoms with Crippen molar-refractivity contribution in [2.75, 3.05) is 7.05 Å². The molecule has 12 aromatic carbocycles. The highest BCUT2D eigenvalue weighted by molar-refractivity contribution is 6.17. The molecule has 14 rings (SSSR count). The number of nitrogens with zero attached hydrogens (tertiary/aromatic N) is 4. The van der Waals surface area contributed by atoms with Crippen LogP contribution in [0.5, 0.6) is 0 Å². The summed E-state index contributed by atoms with van der Waals surface area (Å²) in [6, 6.07) is 109. The number of aromatic nitrogens is 1. The van der Waals surface area contributed by atoms with Crippen LogP contribution in [0.1, 0.15) is 38.9 Å². The van der Waals surface area contributed by atoms with Gasteiger partial charge in [-0.25, -0.2) is 9.98 Å². The lowest BCUT2D eigenvalue weighted by Gasteiger charge is -2.41. The summed E-state index contributed by atoms with van der Waals surface area (Å²) in [5.74, 6) is 1.09. The van der Waals surface area contributed by atoms with Gasteiger partial charge in [-0.3, -0.25) is 4.99 Å². The molecular weight excluding hydrogens is 981 g/mol. The Labute approximate surface area is 472 Å². The van der Waals surface area contributed by atoms with Crippen LogP contribution in [0.25, 0.3) is 83.1 Å². The molecule has 0 saturated carbocycles. The maximum atomic E-state index is 5.64. The molecule has 1 aromatic heterocycles. The van der Waals surface area contributed by atoms with Gasteiger partial charge in [-0.2, -0.15) is 0 Å². The van der Waals surface area contributed by atoms with E-state index in [1.165, 1.54) is 38.7 Å². The highest BCUT2D eigenvalue weighted by Gasteiger charge is 2.45. The van der Waals surface area contributed by atoms with Crippen molar-refractivity contribution < 1.29 is 0 Å². The highest BCUT2D eigenvalue weighted by Crippen LogP contribution is 2.54. The molecule has 4 heteroatoms. The molecule has 0 bridgehead atoms. The first kappa shape index (κ1) is 48.8. The van der Waals surface area contributed by atoms with Crippen LogP contribution in [0.3, 0.4) is 0 Å². The van der Waals surface area contributed by atoms with Crippen LogP contribution in [0, 0.1) is 0 Å². The molecule has 0 fully saturated rings. The molecule has 0 unspecified atom stereocenters. The van der Waals surface area contributed by atoms with Crippen LogP contribution in [-0.2, 0) is 5.41 Å². The summed E-state index contributed by atoms with van der Waals surface area (Å²) in [5, 5.41) is 2.31. The van der Waals surface area contributed by atoms with Crippen molar-refractivity contribution in [2.45, 2.75) is 5.41 Å². The van der Waals surface area contributed by atoms with E-state index in [-0.39, 0.29) is 0 Å². The minimum atomic E-state index is -0.707. The van der Waals surface area contributed by atoms with E-state index < -0.39 is 5.41 Å². The van der Waals surface area contributed by atoms with Gasteiger partial charge < -0.3 is 4.57 Å². The molecule has 0 spiro atoms. The quantitative estimate of drug-likeness (QED) is 0.0968. The third-order valence-corrected chi connectivity index (χ3v) is 15.9. The van der Waals surface area contributed by atoms with Crippen LogP contribution in [0.15, 0.2) is 318 Å². The third-order valence-electron chi connectivity index (χ3n) is 15.9. The Morgan fingerprint density at radius 3 is 1.23 bits per heavy atom. The molecule has 1 aliphatic heterocycles. The van der Waals surface area contributed by atoms with E-state index >= 15 is 0 Å². The van der Waals surface area contributed by atoms with Crippen LogP contribution in [0.2, 0.25) is 0 Å². The molecule has 0 amide bonds. The molecule has 0 atom stereocenters. The third kappa shape index (κ3) is 8.90. The van der Waals surface area contributed by atoms with E-state index in [0.29, 0.717) is 11.7 Å². The zero-order chi connectivity index (χ0) is 54.1. The Kier molecular flexibility index (Phi) is 12.7. The molecule has 81 heavy (non-hydrogen) atoms. The first-order valence-electron chi connectivity index (χ1n) is 27.6. The van der Waals surface area contributed by atoms with Crippen molar-refractivity contribution in [1.29, 1.82) is 0 Å². The summed E-state index contributed by atoms with van der Waals surface area (Å²) in [7, 11) is 1.83. The lowest BCUT2D eigenvalue weighted by Crippen LogP contribution is -2.35. The first-order chi connectivity index (χ1) is 40.1. The van der Waals surface area contributed by atoms with E-state index in [2.05, 4.69) is 308 Å². The number of hydrogen-bond donors (Lipinski definition) is 0. The van der Waals surface area contributed by atoms with Crippen LogP contribution < -0.4 is 0 Å². The zero-order valence-electron chi connectivity index (χ0n) is 44.7. The second kappa shape index (κ2) is 21.0. The smallest absolute Gasteiger partial charge is 0.161 e. The van der Waals surface area contributed by atoms with Gasteiger partial charge in [0.15, 0.2) is 11.7 Å². The summed E-state index contributed by atoms with van der Waals surface area (Å²) in [4.78, 5) is 16.3. The Morgan fingerprint density at radius 1 is 0.346 bits per heavy atom. The topological polar surface area (TPSA) is 42.0 Å². The van der Waals surface area contributed by atoms with Gasteiger partial charge in [0.05, 0.1) is 22.1 Å². The van der Waals surface area contributed by atoms with E-state index in [1.807, 2.05) is 13.3 Å². The molecular formula is C77H54N4. The summed E-state index contributed by atoms with van der Waals surface area (Å²) in [5.41, 5.74) is 21.2. The van der Waals surface area contributed by atoms with E-state index in [1.54, 1.807) is 0 Å². The van der Waals surface area contributed by atoms with Gasteiger partial charge in [0, 0.05) is 35.2 Å². The molecule has 0 saturated heterocycles. The molecule has 0 N–H and O–H groups in total. The van der Waals surface area contributed by atoms with E-state index in [0.717, 1.165) is 83.4 Å². The van der Waals surface area contributed by atoms with Crippen molar-refractivity contribution in [3.8, 4) is 61.3 Å². The SMILES string of the molecule is CN=C(N=C(N=Cc1cc2c3c(c1)c1cc(-c4ccccc4)ccc1n3-c1ccccc1C2(c1ccccc1)c1ccccc1)c1cc(-c2ccccc2)cc(-c2ccccc2)c1)c1cc(-c2ccccc2)cc(-c2ccccc2)c1. The van der Waals surface area contributed by atoms with E-state index in [9.17, 15) is 0 Å². The van der Waals surface area contributed by atoms with Crippen molar-refractivity contribution >= 4 is 39.7 Å². The average molecular weight is 1040 g/mol. The van der Waals surface area contributed by atoms with Crippen molar-refractivity contribution in [1.82, 2.24) is 4.57 Å². The largest absolute Gasteiger partial charge is 0.309 e. The normalized spacial score (nSPS) is 13.0. The Morgan fingerprint density at radius 2 is 0.765 bits per heavy atom. The van der Waals surface area contributed by atoms with Crippen LogP contribution >= 0.6 is 0 Å². The lowest BCUT2D eigenvalue weighted by atomic mass is 9.63. The predicted octanol–water partition coefficient (Wildman–Crippen LogP) is 18.8. The molecule has 1 aliphatic rings. The molecule has 2 heterocycles. The number of fused-ring (bicyclic) bond motifs is 5. The van der Waals surface area contributed by atoms with Gasteiger partial charge >= 0.3 is 0 Å². The Hall–Kier alpha value is -10.6. The summed E-state index contributed by atoms with van der Waals surface area (Å²) in [6.07, 6.45) is 2.03. The van der Waals surface area contributed by atoms with Crippen molar-refractivity contribution in [3.63, 3.8) is 0 Å². The second-order valence-corrected chi connectivity index (χ2v) is 20.7. The highest BCUT2D eigenvalue weighted by atomic mass is 15.0. The number of benzene rings is 12.